The molecule has 2 aliphatic rings. The summed E-state index contributed by atoms with van der Waals surface area (Å²) in [7, 11) is 0. The lowest BCUT2D eigenvalue weighted by atomic mass is 9.90. The Kier molecular flexibility index (Phi) is 4.65. The quantitative estimate of drug-likeness (QED) is 0.863. The maximum atomic E-state index is 6.29. The van der Waals surface area contributed by atoms with Crippen molar-refractivity contribution in [1.82, 2.24) is 14.8 Å². The highest BCUT2D eigenvalue weighted by Gasteiger charge is 2.40. The van der Waals surface area contributed by atoms with Crippen molar-refractivity contribution in [2.24, 2.45) is 0 Å². The van der Waals surface area contributed by atoms with E-state index in [1.807, 2.05) is 18.3 Å². The second kappa shape index (κ2) is 7.05. The van der Waals surface area contributed by atoms with E-state index >= 15 is 0 Å². The van der Waals surface area contributed by atoms with Crippen LogP contribution in [0.25, 0.3) is 0 Å². The SMILES string of the molecule is c1ccc(CN2CCC[C@@]3(C2)CN(Cc2ccco2)CCO3)nc1. The van der Waals surface area contributed by atoms with Crippen molar-refractivity contribution in [2.75, 3.05) is 32.8 Å². The molecule has 2 aromatic rings. The molecule has 5 nitrogen and oxygen atoms in total. The van der Waals surface area contributed by atoms with Crippen LogP contribution in [0.15, 0.2) is 47.2 Å². The minimum atomic E-state index is -0.0438. The summed E-state index contributed by atoms with van der Waals surface area (Å²) in [6.07, 6.45) is 5.94. The zero-order valence-electron chi connectivity index (χ0n) is 14.1. The Morgan fingerprint density at radius 2 is 1.96 bits per heavy atom. The monoisotopic (exact) mass is 327 g/mol. The lowest BCUT2D eigenvalue weighted by Crippen LogP contribution is -2.59. The van der Waals surface area contributed by atoms with Gasteiger partial charge in [0.25, 0.3) is 0 Å². The third kappa shape index (κ3) is 3.69. The van der Waals surface area contributed by atoms with Crippen LogP contribution in [-0.2, 0) is 17.8 Å². The van der Waals surface area contributed by atoms with Gasteiger partial charge in [-0.25, -0.2) is 0 Å². The topological polar surface area (TPSA) is 41.7 Å². The number of ether oxygens (including phenoxy) is 1. The van der Waals surface area contributed by atoms with E-state index in [-0.39, 0.29) is 5.60 Å². The summed E-state index contributed by atoms with van der Waals surface area (Å²) >= 11 is 0. The Hall–Kier alpha value is -1.69. The summed E-state index contributed by atoms with van der Waals surface area (Å²) in [6, 6.07) is 10.1. The van der Waals surface area contributed by atoms with Crippen LogP contribution in [0.3, 0.4) is 0 Å². The Bertz CT molecular complexity index is 627. The summed E-state index contributed by atoms with van der Waals surface area (Å²) in [6.45, 7) is 6.65. The lowest BCUT2D eigenvalue weighted by molar-refractivity contribution is -0.143. The van der Waals surface area contributed by atoms with Crippen molar-refractivity contribution >= 4 is 0 Å². The van der Waals surface area contributed by atoms with Gasteiger partial charge in [0.05, 0.1) is 30.7 Å². The Balaban J connectivity index is 1.40. The highest BCUT2D eigenvalue weighted by atomic mass is 16.5. The van der Waals surface area contributed by atoms with Gasteiger partial charge in [-0.3, -0.25) is 14.8 Å². The maximum absolute atomic E-state index is 6.29. The van der Waals surface area contributed by atoms with Gasteiger partial charge in [0, 0.05) is 32.4 Å². The van der Waals surface area contributed by atoms with Crippen LogP contribution in [-0.4, -0.2) is 53.2 Å². The highest BCUT2D eigenvalue weighted by Crippen LogP contribution is 2.30. The fraction of sp³-hybridized carbons (Fsp3) is 0.526. The van der Waals surface area contributed by atoms with Crippen LogP contribution >= 0.6 is 0 Å². The summed E-state index contributed by atoms with van der Waals surface area (Å²) in [5.41, 5.74) is 1.09. The number of furan rings is 1. The van der Waals surface area contributed by atoms with E-state index in [1.165, 1.54) is 6.42 Å². The molecule has 4 heterocycles. The normalized spacial score (nSPS) is 26.0. The first-order valence-electron chi connectivity index (χ1n) is 8.82. The average Bonchev–Trinajstić information content (AvgIpc) is 3.09. The van der Waals surface area contributed by atoms with Gasteiger partial charge in [-0.1, -0.05) is 6.07 Å². The van der Waals surface area contributed by atoms with Crippen LogP contribution in [0.1, 0.15) is 24.3 Å². The van der Waals surface area contributed by atoms with Crippen molar-refractivity contribution in [3.8, 4) is 0 Å². The van der Waals surface area contributed by atoms with Gasteiger partial charge >= 0.3 is 0 Å². The van der Waals surface area contributed by atoms with E-state index in [0.29, 0.717) is 0 Å². The molecule has 0 amide bonds. The number of rotatable bonds is 4. The number of pyridine rings is 1. The van der Waals surface area contributed by atoms with Gasteiger partial charge in [-0.15, -0.1) is 0 Å². The highest BCUT2D eigenvalue weighted by molar-refractivity contribution is 5.05. The largest absolute Gasteiger partial charge is 0.468 e. The fourth-order valence-electron chi connectivity index (χ4n) is 3.97. The third-order valence-corrected chi connectivity index (χ3v) is 5.02. The van der Waals surface area contributed by atoms with E-state index in [4.69, 9.17) is 9.15 Å². The molecule has 0 unspecified atom stereocenters. The molecule has 2 fully saturated rings. The van der Waals surface area contributed by atoms with E-state index < -0.39 is 0 Å². The molecule has 0 saturated carbocycles. The fourth-order valence-corrected chi connectivity index (χ4v) is 3.97. The molecule has 2 aliphatic heterocycles. The summed E-state index contributed by atoms with van der Waals surface area (Å²) in [5, 5.41) is 0. The number of piperidine rings is 1. The van der Waals surface area contributed by atoms with Crippen LogP contribution in [0, 0.1) is 0 Å². The van der Waals surface area contributed by atoms with Gasteiger partial charge in [-0.05, 0) is 43.7 Å². The van der Waals surface area contributed by atoms with Crippen molar-refractivity contribution in [3.05, 3.63) is 54.2 Å². The Morgan fingerprint density at radius 3 is 2.75 bits per heavy atom. The molecule has 5 heteroatoms. The van der Waals surface area contributed by atoms with Crippen molar-refractivity contribution in [2.45, 2.75) is 31.5 Å². The van der Waals surface area contributed by atoms with Crippen molar-refractivity contribution in [3.63, 3.8) is 0 Å². The van der Waals surface area contributed by atoms with Crippen LogP contribution < -0.4 is 0 Å². The zero-order chi connectivity index (χ0) is 16.2. The smallest absolute Gasteiger partial charge is 0.117 e. The molecular weight excluding hydrogens is 302 g/mol. The number of hydrogen-bond donors (Lipinski definition) is 0. The molecule has 1 atom stereocenters. The Labute approximate surface area is 143 Å². The molecule has 0 radical (unpaired) electrons. The second-order valence-electron chi connectivity index (χ2n) is 6.96. The molecule has 24 heavy (non-hydrogen) atoms. The van der Waals surface area contributed by atoms with Gasteiger partial charge in [0.2, 0.25) is 0 Å². The predicted octanol–water partition coefficient (Wildman–Crippen LogP) is 2.54. The van der Waals surface area contributed by atoms with Gasteiger partial charge in [0.1, 0.15) is 5.76 Å². The summed E-state index contributed by atoms with van der Waals surface area (Å²) in [4.78, 5) is 9.42. The number of morpholine rings is 1. The first kappa shape index (κ1) is 15.8. The molecule has 2 saturated heterocycles. The van der Waals surface area contributed by atoms with Crippen LogP contribution in [0.5, 0.6) is 0 Å². The predicted molar refractivity (Wildman–Crippen MR) is 91.4 cm³/mol. The van der Waals surface area contributed by atoms with E-state index in [2.05, 4.69) is 33.0 Å². The maximum Gasteiger partial charge on any atom is 0.117 e. The number of likely N-dealkylation sites (tertiary alicyclic amines) is 1. The number of hydrogen-bond acceptors (Lipinski definition) is 5. The minimum Gasteiger partial charge on any atom is -0.468 e. The Morgan fingerprint density at radius 1 is 1.04 bits per heavy atom. The van der Waals surface area contributed by atoms with E-state index in [9.17, 15) is 0 Å². The molecule has 1 spiro atoms. The standard InChI is InChI=1S/C19H25N3O2/c1-2-8-20-17(5-1)13-21-9-4-7-19(15-21)16-22(10-12-24-19)14-18-6-3-11-23-18/h1-3,5-6,8,11H,4,7,9-10,12-16H2/t19-/m1/s1. The van der Waals surface area contributed by atoms with E-state index in [1.54, 1.807) is 6.26 Å². The molecule has 4 rings (SSSR count). The number of aromatic nitrogens is 1. The second-order valence-corrected chi connectivity index (χ2v) is 6.96. The number of nitrogens with zero attached hydrogens (tertiary/aromatic N) is 3. The molecule has 0 aromatic carbocycles. The molecule has 0 N–H and O–H groups in total. The van der Waals surface area contributed by atoms with Crippen LogP contribution in [0.2, 0.25) is 0 Å². The summed E-state index contributed by atoms with van der Waals surface area (Å²) < 4.78 is 11.8. The third-order valence-electron chi connectivity index (χ3n) is 5.02. The van der Waals surface area contributed by atoms with E-state index in [0.717, 1.165) is 63.8 Å². The molecule has 0 aliphatic carbocycles. The summed E-state index contributed by atoms with van der Waals surface area (Å²) in [5.74, 6) is 1.04. The van der Waals surface area contributed by atoms with Gasteiger partial charge < -0.3 is 9.15 Å². The molecule has 128 valence electrons. The zero-order valence-corrected chi connectivity index (χ0v) is 14.1. The van der Waals surface area contributed by atoms with Crippen molar-refractivity contribution in [1.29, 1.82) is 0 Å². The molecular formula is C19H25N3O2. The molecule has 2 aromatic heterocycles. The first-order chi connectivity index (χ1) is 11.8. The minimum absolute atomic E-state index is 0.0438. The first-order valence-corrected chi connectivity index (χ1v) is 8.82. The van der Waals surface area contributed by atoms with Gasteiger partial charge in [0.15, 0.2) is 0 Å². The van der Waals surface area contributed by atoms with Crippen LogP contribution in [0.4, 0.5) is 0 Å². The average molecular weight is 327 g/mol. The van der Waals surface area contributed by atoms with Crippen molar-refractivity contribution < 1.29 is 9.15 Å². The van der Waals surface area contributed by atoms with Gasteiger partial charge in [-0.2, -0.15) is 0 Å². The lowest BCUT2D eigenvalue weighted by Gasteiger charge is -2.48. The molecule has 0 bridgehead atoms.